The Morgan fingerprint density at radius 3 is 2.77 bits per heavy atom. The summed E-state index contributed by atoms with van der Waals surface area (Å²) >= 11 is 1.64. The molecule has 8 heteroatoms. The van der Waals surface area contributed by atoms with Crippen molar-refractivity contribution >= 4 is 17.2 Å². The van der Waals surface area contributed by atoms with E-state index in [9.17, 15) is 4.79 Å². The van der Waals surface area contributed by atoms with Crippen LogP contribution in [0.2, 0.25) is 0 Å². The molecular weight excluding hydrogens is 408 g/mol. The number of pyridine rings is 1. The highest BCUT2D eigenvalue weighted by atomic mass is 32.1. The standard InChI is InChI=1S/C23H22N6OS/c1-14-11-25-23(28-20(14)19-7-4-10-31-19)29-21(16-8-9-16)18(13-26-29)22(30)24-12-17-6-3-5-15(2)27-17/h3-7,10-11,13,16H,8-9,12H2,1-2H3,(H,24,30). The van der Waals surface area contributed by atoms with E-state index < -0.39 is 0 Å². The van der Waals surface area contributed by atoms with Gasteiger partial charge in [0, 0.05) is 17.8 Å². The Kier molecular flexibility index (Phi) is 5.07. The normalized spacial score (nSPS) is 13.4. The van der Waals surface area contributed by atoms with Gasteiger partial charge in [0.2, 0.25) is 0 Å². The molecule has 31 heavy (non-hydrogen) atoms. The summed E-state index contributed by atoms with van der Waals surface area (Å²) in [5.74, 6) is 0.646. The van der Waals surface area contributed by atoms with E-state index >= 15 is 0 Å². The van der Waals surface area contributed by atoms with Crippen molar-refractivity contribution in [2.45, 2.75) is 39.2 Å². The average Bonchev–Trinajstić information content (AvgIpc) is 3.27. The average molecular weight is 431 g/mol. The predicted molar refractivity (Wildman–Crippen MR) is 119 cm³/mol. The number of hydrogen-bond acceptors (Lipinski definition) is 6. The zero-order valence-electron chi connectivity index (χ0n) is 17.4. The maximum atomic E-state index is 13.0. The van der Waals surface area contributed by atoms with Crippen LogP contribution in [0.1, 0.15) is 51.8 Å². The molecule has 1 aliphatic carbocycles. The fourth-order valence-corrected chi connectivity index (χ4v) is 4.38. The number of amides is 1. The number of nitrogens with one attached hydrogen (secondary N) is 1. The monoisotopic (exact) mass is 430 g/mol. The summed E-state index contributed by atoms with van der Waals surface area (Å²) in [7, 11) is 0. The Morgan fingerprint density at radius 2 is 2.03 bits per heavy atom. The molecule has 1 aliphatic rings. The van der Waals surface area contributed by atoms with Gasteiger partial charge in [0.15, 0.2) is 0 Å². The van der Waals surface area contributed by atoms with Crippen LogP contribution in [-0.2, 0) is 6.54 Å². The molecule has 1 N–H and O–H groups in total. The Labute approximate surface area is 184 Å². The lowest BCUT2D eigenvalue weighted by molar-refractivity contribution is 0.0949. The van der Waals surface area contributed by atoms with Crippen molar-refractivity contribution in [3.63, 3.8) is 0 Å². The van der Waals surface area contributed by atoms with Crippen molar-refractivity contribution in [2.75, 3.05) is 0 Å². The maximum absolute atomic E-state index is 13.0. The van der Waals surface area contributed by atoms with Crippen molar-refractivity contribution in [2.24, 2.45) is 0 Å². The molecule has 0 radical (unpaired) electrons. The lowest BCUT2D eigenvalue weighted by atomic mass is 10.1. The van der Waals surface area contributed by atoms with Crippen molar-refractivity contribution in [1.82, 2.24) is 30.0 Å². The van der Waals surface area contributed by atoms with E-state index in [-0.39, 0.29) is 5.91 Å². The van der Waals surface area contributed by atoms with Gasteiger partial charge < -0.3 is 5.32 Å². The Morgan fingerprint density at radius 1 is 1.16 bits per heavy atom. The van der Waals surface area contributed by atoms with Crippen LogP contribution in [0, 0.1) is 13.8 Å². The third-order valence-corrected chi connectivity index (χ3v) is 6.17. The lowest BCUT2D eigenvalue weighted by Crippen LogP contribution is -2.24. The minimum Gasteiger partial charge on any atom is -0.346 e. The zero-order valence-corrected chi connectivity index (χ0v) is 18.2. The van der Waals surface area contributed by atoms with Crippen LogP contribution in [-0.4, -0.2) is 30.6 Å². The number of carbonyl (C=O) groups is 1. The first-order chi connectivity index (χ1) is 15.1. The second kappa shape index (κ2) is 8.03. The molecule has 1 amide bonds. The van der Waals surface area contributed by atoms with E-state index in [4.69, 9.17) is 4.98 Å². The summed E-state index contributed by atoms with van der Waals surface area (Å²) < 4.78 is 1.73. The molecule has 0 bridgehead atoms. The topological polar surface area (TPSA) is 85.6 Å². The number of aromatic nitrogens is 5. The van der Waals surface area contributed by atoms with Gasteiger partial charge in [-0.05, 0) is 55.8 Å². The number of hydrogen-bond donors (Lipinski definition) is 1. The summed E-state index contributed by atoms with van der Waals surface area (Å²) in [6, 6.07) is 9.85. The first-order valence-corrected chi connectivity index (χ1v) is 11.1. The minimum atomic E-state index is -0.151. The van der Waals surface area contributed by atoms with Crippen molar-refractivity contribution in [3.05, 3.63) is 76.3 Å². The van der Waals surface area contributed by atoms with Crippen LogP contribution in [0.5, 0.6) is 0 Å². The summed E-state index contributed by atoms with van der Waals surface area (Å²) in [6.45, 7) is 4.31. The van der Waals surface area contributed by atoms with Gasteiger partial charge in [-0.1, -0.05) is 12.1 Å². The second-order valence-electron chi connectivity index (χ2n) is 7.76. The van der Waals surface area contributed by atoms with Crippen LogP contribution >= 0.6 is 11.3 Å². The zero-order chi connectivity index (χ0) is 21.4. The third kappa shape index (κ3) is 3.98. The molecule has 0 spiro atoms. The molecule has 0 atom stereocenters. The summed E-state index contributed by atoms with van der Waals surface area (Å²) in [6.07, 6.45) is 5.52. The molecule has 1 saturated carbocycles. The van der Waals surface area contributed by atoms with Crippen LogP contribution in [0.15, 0.2) is 48.1 Å². The molecule has 1 fully saturated rings. The van der Waals surface area contributed by atoms with Crippen LogP contribution in [0.4, 0.5) is 0 Å². The highest BCUT2D eigenvalue weighted by Crippen LogP contribution is 2.42. The van der Waals surface area contributed by atoms with Crippen molar-refractivity contribution < 1.29 is 4.79 Å². The smallest absolute Gasteiger partial charge is 0.255 e. The Hall–Kier alpha value is -3.39. The second-order valence-corrected chi connectivity index (χ2v) is 8.71. The van der Waals surface area contributed by atoms with Crippen LogP contribution < -0.4 is 5.32 Å². The summed E-state index contributed by atoms with van der Waals surface area (Å²) in [5.41, 5.74) is 5.13. The van der Waals surface area contributed by atoms with E-state index in [0.29, 0.717) is 24.0 Å². The van der Waals surface area contributed by atoms with E-state index in [1.165, 1.54) is 0 Å². The minimum absolute atomic E-state index is 0.151. The summed E-state index contributed by atoms with van der Waals surface area (Å²) in [5, 5.41) is 9.52. The van der Waals surface area contributed by atoms with Gasteiger partial charge in [0.1, 0.15) is 0 Å². The van der Waals surface area contributed by atoms with Gasteiger partial charge in [0.25, 0.3) is 11.9 Å². The quantitative estimate of drug-likeness (QED) is 0.495. The fourth-order valence-electron chi connectivity index (χ4n) is 3.60. The fraction of sp³-hybridized carbons (Fsp3) is 0.261. The molecule has 4 heterocycles. The SMILES string of the molecule is Cc1cccc(CNC(=O)c2cnn(-c3ncc(C)c(-c4cccs4)n3)c2C2CC2)n1. The first-order valence-electron chi connectivity index (χ1n) is 10.3. The Bertz CT molecular complexity index is 1240. The Balaban J connectivity index is 1.45. The molecule has 4 aromatic rings. The van der Waals surface area contributed by atoms with Gasteiger partial charge in [0.05, 0.1) is 40.3 Å². The molecule has 4 aromatic heterocycles. The maximum Gasteiger partial charge on any atom is 0.255 e. The number of carbonyl (C=O) groups excluding carboxylic acids is 1. The molecule has 0 aromatic carbocycles. The van der Waals surface area contributed by atoms with Crippen LogP contribution in [0.3, 0.4) is 0 Å². The number of nitrogens with zero attached hydrogens (tertiary/aromatic N) is 5. The number of thiophene rings is 1. The third-order valence-electron chi connectivity index (χ3n) is 5.29. The molecule has 0 unspecified atom stereocenters. The van der Waals surface area contributed by atoms with Gasteiger partial charge in [-0.25, -0.2) is 14.6 Å². The molecule has 7 nitrogen and oxygen atoms in total. The van der Waals surface area contributed by atoms with E-state index in [1.54, 1.807) is 22.2 Å². The van der Waals surface area contributed by atoms with Crippen molar-refractivity contribution in [3.8, 4) is 16.5 Å². The highest BCUT2D eigenvalue weighted by molar-refractivity contribution is 7.13. The number of rotatable bonds is 6. The first kappa shape index (κ1) is 19.6. The van der Waals surface area contributed by atoms with Gasteiger partial charge in [-0.2, -0.15) is 5.10 Å². The molecular formula is C23H22N6OS. The van der Waals surface area contributed by atoms with Crippen molar-refractivity contribution in [1.29, 1.82) is 0 Å². The van der Waals surface area contributed by atoms with E-state index in [1.807, 2.05) is 55.8 Å². The number of aryl methyl sites for hydroxylation is 2. The van der Waals surface area contributed by atoms with Gasteiger partial charge >= 0.3 is 0 Å². The van der Waals surface area contributed by atoms with Crippen LogP contribution in [0.25, 0.3) is 16.5 Å². The summed E-state index contributed by atoms with van der Waals surface area (Å²) in [4.78, 5) is 27.8. The van der Waals surface area contributed by atoms with Gasteiger partial charge in [-0.15, -0.1) is 11.3 Å². The van der Waals surface area contributed by atoms with E-state index in [0.717, 1.165) is 46.1 Å². The van der Waals surface area contributed by atoms with E-state index in [2.05, 4.69) is 20.4 Å². The molecule has 5 rings (SSSR count). The van der Waals surface area contributed by atoms with Gasteiger partial charge in [-0.3, -0.25) is 9.78 Å². The molecule has 156 valence electrons. The molecule has 0 aliphatic heterocycles. The predicted octanol–water partition coefficient (Wildman–Crippen LogP) is 4.21. The largest absolute Gasteiger partial charge is 0.346 e. The highest BCUT2D eigenvalue weighted by Gasteiger charge is 2.33. The lowest BCUT2D eigenvalue weighted by Gasteiger charge is -2.10. The molecule has 0 saturated heterocycles.